The fourth-order valence-electron chi connectivity index (χ4n) is 3.33. The maximum absolute atomic E-state index is 12.8. The van der Waals surface area contributed by atoms with Crippen LogP contribution in [0.15, 0.2) is 12.1 Å². The number of aliphatic carboxylic acids is 1. The number of halogens is 3. The fraction of sp³-hybridized carbons (Fsp3) is 0.667. The van der Waals surface area contributed by atoms with E-state index < -0.39 is 12.1 Å². The van der Waals surface area contributed by atoms with Gasteiger partial charge < -0.3 is 19.7 Å². The maximum Gasteiger partial charge on any atom is 0.490 e. The number of benzene rings is 1. The minimum atomic E-state index is -5.08. The number of hydrogen-bond donors (Lipinski definition) is 2. The largest absolute Gasteiger partial charge is 0.507 e. The highest BCUT2D eigenvalue weighted by molar-refractivity contribution is 5.90. The molecule has 0 aliphatic carbocycles. The van der Waals surface area contributed by atoms with E-state index in [1.165, 1.54) is 0 Å². The van der Waals surface area contributed by atoms with Crippen LogP contribution in [-0.2, 0) is 25.1 Å². The Labute approximate surface area is 198 Å². The van der Waals surface area contributed by atoms with Gasteiger partial charge in [0.2, 0.25) is 0 Å². The Morgan fingerprint density at radius 2 is 1.44 bits per heavy atom. The standard InChI is InChI=1S/C22H35NO4.C2HF3O2/c1-15(14-23-8-10-26-11-9-23)27-20(25)16-12-17(21(2,3)4)19(24)18(13-16)22(5,6)7;3-2(4,5)1(6)7/h12-13,15,24H,8-11,14H2,1-7H3;(H,6,7). The van der Waals surface area contributed by atoms with Gasteiger partial charge in [0.15, 0.2) is 0 Å². The molecule has 0 saturated carbocycles. The Kier molecular flexibility index (Phi) is 9.96. The summed E-state index contributed by atoms with van der Waals surface area (Å²) in [4.78, 5) is 24.0. The van der Waals surface area contributed by atoms with Gasteiger partial charge in [-0.2, -0.15) is 13.2 Å². The fourth-order valence-corrected chi connectivity index (χ4v) is 3.33. The monoisotopic (exact) mass is 491 g/mol. The van der Waals surface area contributed by atoms with Gasteiger partial charge in [0.25, 0.3) is 0 Å². The van der Waals surface area contributed by atoms with Gasteiger partial charge in [-0.05, 0) is 29.9 Å². The molecule has 1 aliphatic rings. The summed E-state index contributed by atoms with van der Waals surface area (Å²) in [6.07, 6.45) is -5.29. The first-order valence-corrected chi connectivity index (χ1v) is 11.0. The summed E-state index contributed by atoms with van der Waals surface area (Å²) in [5, 5.41) is 17.9. The lowest BCUT2D eigenvalue weighted by atomic mass is 9.78. The molecule has 2 N–H and O–H groups in total. The Morgan fingerprint density at radius 1 is 1.03 bits per heavy atom. The van der Waals surface area contributed by atoms with Gasteiger partial charge in [0, 0.05) is 30.8 Å². The number of rotatable bonds is 4. The van der Waals surface area contributed by atoms with Crippen molar-refractivity contribution in [3.63, 3.8) is 0 Å². The Hall–Kier alpha value is -2.33. The van der Waals surface area contributed by atoms with E-state index in [0.717, 1.165) is 37.4 Å². The number of carbonyl (C=O) groups is 2. The number of esters is 1. The number of hydrogen-bond acceptors (Lipinski definition) is 6. The van der Waals surface area contributed by atoms with E-state index in [0.29, 0.717) is 12.1 Å². The zero-order valence-corrected chi connectivity index (χ0v) is 20.9. The van der Waals surface area contributed by atoms with Crippen LogP contribution in [-0.4, -0.2) is 72.2 Å². The number of morpholine rings is 1. The van der Waals surface area contributed by atoms with Crippen molar-refractivity contribution in [3.05, 3.63) is 28.8 Å². The predicted octanol–water partition coefficient (Wildman–Crippen LogP) is 4.50. The van der Waals surface area contributed by atoms with E-state index in [2.05, 4.69) is 4.90 Å². The summed E-state index contributed by atoms with van der Waals surface area (Å²) in [5.74, 6) is -2.83. The molecule has 194 valence electrons. The molecule has 0 bridgehead atoms. The summed E-state index contributed by atoms with van der Waals surface area (Å²) < 4.78 is 42.8. The minimum Gasteiger partial charge on any atom is -0.507 e. The summed E-state index contributed by atoms with van der Waals surface area (Å²) in [5.41, 5.74) is 1.47. The lowest BCUT2D eigenvalue weighted by Gasteiger charge is -2.29. The van der Waals surface area contributed by atoms with Crippen LogP contribution in [0.4, 0.5) is 13.2 Å². The highest BCUT2D eigenvalue weighted by Crippen LogP contribution is 2.40. The molecule has 1 fully saturated rings. The number of phenols is 1. The van der Waals surface area contributed by atoms with Gasteiger partial charge >= 0.3 is 18.1 Å². The van der Waals surface area contributed by atoms with Crippen molar-refractivity contribution in [2.24, 2.45) is 0 Å². The number of nitrogens with zero attached hydrogens (tertiary/aromatic N) is 1. The first kappa shape index (κ1) is 29.7. The molecular weight excluding hydrogens is 455 g/mol. The molecule has 10 heteroatoms. The molecule has 1 heterocycles. The molecule has 1 aromatic rings. The average molecular weight is 492 g/mol. The van der Waals surface area contributed by atoms with Gasteiger partial charge in [-0.1, -0.05) is 41.5 Å². The van der Waals surface area contributed by atoms with Crippen molar-refractivity contribution in [1.82, 2.24) is 4.90 Å². The van der Waals surface area contributed by atoms with E-state index in [1.54, 1.807) is 12.1 Å². The third-order valence-corrected chi connectivity index (χ3v) is 5.13. The second kappa shape index (κ2) is 11.4. The Balaban J connectivity index is 0.000000718. The SMILES string of the molecule is CC(CN1CCOCC1)OC(=O)c1cc(C(C)(C)C)c(O)c(C(C)(C)C)c1.O=C(O)C(F)(F)F. The molecule has 7 nitrogen and oxygen atoms in total. The van der Waals surface area contributed by atoms with Gasteiger partial charge in [-0.3, -0.25) is 4.90 Å². The smallest absolute Gasteiger partial charge is 0.490 e. The van der Waals surface area contributed by atoms with E-state index >= 15 is 0 Å². The third kappa shape index (κ3) is 9.13. The number of ether oxygens (including phenoxy) is 2. The first-order valence-electron chi connectivity index (χ1n) is 11.0. The predicted molar refractivity (Wildman–Crippen MR) is 121 cm³/mol. The molecular formula is C24H36F3NO6. The zero-order chi connectivity index (χ0) is 26.5. The summed E-state index contributed by atoms with van der Waals surface area (Å²) in [7, 11) is 0. The zero-order valence-electron chi connectivity index (χ0n) is 20.9. The number of carboxylic acid groups (broad SMARTS) is 1. The highest BCUT2D eigenvalue weighted by Gasteiger charge is 2.38. The molecule has 1 atom stereocenters. The molecule has 2 rings (SSSR count). The van der Waals surface area contributed by atoms with Crippen molar-refractivity contribution in [1.29, 1.82) is 0 Å². The Morgan fingerprint density at radius 3 is 1.79 bits per heavy atom. The van der Waals surface area contributed by atoms with Crippen LogP contribution in [0, 0.1) is 0 Å². The lowest BCUT2D eigenvalue weighted by molar-refractivity contribution is -0.192. The molecule has 0 amide bonds. The molecule has 0 spiro atoms. The first-order chi connectivity index (χ1) is 15.3. The summed E-state index contributed by atoms with van der Waals surface area (Å²) in [6, 6.07) is 3.54. The number of carboxylic acids is 1. The average Bonchev–Trinajstić information content (AvgIpc) is 2.66. The number of carbonyl (C=O) groups excluding carboxylic acids is 1. The molecule has 1 aliphatic heterocycles. The topological polar surface area (TPSA) is 96.3 Å². The van der Waals surface area contributed by atoms with Crippen molar-refractivity contribution >= 4 is 11.9 Å². The maximum atomic E-state index is 12.8. The van der Waals surface area contributed by atoms with Crippen LogP contribution in [0.1, 0.15) is 70.0 Å². The molecule has 0 radical (unpaired) electrons. The molecule has 1 aromatic carbocycles. The van der Waals surface area contributed by atoms with Crippen LogP contribution in [0.5, 0.6) is 5.75 Å². The van der Waals surface area contributed by atoms with Crippen molar-refractivity contribution in [3.8, 4) is 5.75 Å². The summed E-state index contributed by atoms with van der Waals surface area (Å²) in [6.45, 7) is 18.0. The summed E-state index contributed by atoms with van der Waals surface area (Å²) >= 11 is 0. The van der Waals surface area contributed by atoms with E-state index in [1.807, 2.05) is 48.5 Å². The quantitative estimate of drug-likeness (QED) is 0.599. The van der Waals surface area contributed by atoms with Gasteiger partial charge in [-0.15, -0.1) is 0 Å². The van der Waals surface area contributed by atoms with Crippen LogP contribution in [0.2, 0.25) is 0 Å². The normalized spacial score (nSPS) is 16.3. The lowest BCUT2D eigenvalue weighted by Crippen LogP contribution is -2.41. The van der Waals surface area contributed by atoms with Crippen molar-refractivity contribution in [2.45, 2.75) is 71.6 Å². The van der Waals surface area contributed by atoms with E-state index in [9.17, 15) is 23.1 Å². The minimum absolute atomic E-state index is 0.208. The van der Waals surface area contributed by atoms with Crippen LogP contribution >= 0.6 is 0 Å². The second-order valence-electron chi connectivity index (χ2n) is 10.4. The third-order valence-electron chi connectivity index (χ3n) is 5.13. The molecule has 0 aromatic heterocycles. The van der Waals surface area contributed by atoms with Crippen LogP contribution in [0.25, 0.3) is 0 Å². The van der Waals surface area contributed by atoms with Crippen LogP contribution < -0.4 is 0 Å². The van der Waals surface area contributed by atoms with E-state index in [4.69, 9.17) is 19.4 Å². The van der Waals surface area contributed by atoms with Gasteiger partial charge in [0.05, 0.1) is 18.8 Å². The van der Waals surface area contributed by atoms with Gasteiger partial charge in [0.1, 0.15) is 11.9 Å². The van der Waals surface area contributed by atoms with Crippen molar-refractivity contribution < 1.29 is 42.4 Å². The second-order valence-corrected chi connectivity index (χ2v) is 10.4. The number of phenolic OH excluding ortho intramolecular Hbond substituents is 1. The molecule has 1 saturated heterocycles. The van der Waals surface area contributed by atoms with Crippen molar-refractivity contribution in [2.75, 3.05) is 32.8 Å². The highest BCUT2D eigenvalue weighted by atomic mass is 19.4. The van der Waals surface area contributed by atoms with Crippen LogP contribution in [0.3, 0.4) is 0 Å². The van der Waals surface area contributed by atoms with Gasteiger partial charge in [-0.25, -0.2) is 9.59 Å². The molecule has 34 heavy (non-hydrogen) atoms. The number of aromatic hydroxyl groups is 1. The number of alkyl halides is 3. The van der Waals surface area contributed by atoms with E-state index in [-0.39, 0.29) is 28.7 Å². The Bertz CT molecular complexity index is 815. The molecule has 1 unspecified atom stereocenters.